The van der Waals surface area contributed by atoms with Crippen molar-refractivity contribution in [2.24, 2.45) is 5.16 Å². The summed E-state index contributed by atoms with van der Waals surface area (Å²) in [5.41, 5.74) is 1.71. The summed E-state index contributed by atoms with van der Waals surface area (Å²) in [5, 5.41) is 9.44. The van der Waals surface area contributed by atoms with Gasteiger partial charge in [0, 0.05) is 12.8 Å². The lowest BCUT2D eigenvalue weighted by Crippen LogP contribution is -2.49. The molecule has 0 aromatic heterocycles. The molecule has 0 saturated carbocycles. The van der Waals surface area contributed by atoms with Crippen LogP contribution in [0.3, 0.4) is 0 Å². The minimum absolute atomic E-state index is 0.106. The number of carbonyl (C=O) groups excluding carboxylic acids is 2. The van der Waals surface area contributed by atoms with Gasteiger partial charge in [-0.25, -0.2) is 4.79 Å². The van der Waals surface area contributed by atoms with Crippen molar-refractivity contribution in [2.75, 3.05) is 13.7 Å². The van der Waals surface area contributed by atoms with Gasteiger partial charge in [0.2, 0.25) is 5.91 Å². The monoisotopic (exact) mass is 445 g/mol. The van der Waals surface area contributed by atoms with Crippen LogP contribution in [0.2, 0.25) is 0 Å². The van der Waals surface area contributed by atoms with Gasteiger partial charge < -0.3 is 24.9 Å². The number of methoxy groups -OCH3 is 1. The van der Waals surface area contributed by atoms with Crippen LogP contribution in [0, 0.1) is 0 Å². The third kappa shape index (κ3) is 7.18. The van der Waals surface area contributed by atoms with Crippen LogP contribution < -0.4 is 15.4 Å². The summed E-state index contributed by atoms with van der Waals surface area (Å²) in [6.45, 7) is 0.327. The Labute approximate surface area is 185 Å². The van der Waals surface area contributed by atoms with Crippen molar-refractivity contribution in [1.29, 1.82) is 0 Å². The molecule has 2 N–H and O–H groups in total. The van der Waals surface area contributed by atoms with Gasteiger partial charge in [-0.3, -0.25) is 4.79 Å². The van der Waals surface area contributed by atoms with Gasteiger partial charge in [0.05, 0.1) is 13.7 Å². The number of benzene rings is 2. The van der Waals surface area contributed by atoms with Gasteiger partial charge in [0.1, 0.15) is 23.6 Å². The number of alkyl carbamates (subject to hydrolysis) is 1. The van der Waals surface area contributed by atoms with Crippen molar-refractivity contribution in [3.05, 3.63) is 65.7 Å². The number of oxime groups is 1. The van der Waals surface area contributed by atoms with E-state index < -0.39 is 12.1 Å². The zero-order valence-corrected chi connectivity index (χ0v) is 17.8. The van der Waals surface area contributed by atoms with Crippen LogP contribution in [-0.4, -0.2) is 43.0 Å². The SMILES string of the molecule is COc1ccc(C[C@H](NC(=O)OCc2ccccc2)C(=O)NCC2CC(Cl)=NO2)cc1. The Morgan fingerprint density at radius 1 is 1.16 bits per heavy atom. The number of halogens is 1. The molecule has 0 fully saturated rings. The second kappa shape index (κ2) is 11.2. The first kappa shape index (κ1) is 22.4. The fourth-order valence-corrected chi connectivity index (χ4v) is 3.17. The van der Waals surface area contributed by atoms with Crippen molar-refractivity contribution >= 4 is 28.8 Å². The lowest BCUT2D eigenvalue weighted by molar-refractivity contribution is -0.123. The molecule has 2 aromatic carbocycles. The molecule has 164 valence electrons. The number of rotatable bonds is 9. The van der Waals surface area contributed by atoms with E-state index in [1.54, 1.807) is 19.2 Å². The fraction of sp³-hybridized carbons (Fsp3) is 0.318. The number of ether oxygens (including phenoxy) is 2. The molecule has 0 bridgehead atoms. The summed E-state index contributed by atoms with van der Waals surface area (Å²) in [6, 6.07) is 15.7. The molecule has 1 aliphatic heterocycles. The molecule has 2 atom stereocenters. The standard InChI is InChI=1S/C22H24ClN3O5/c1-29-17-9-7-15(8-10-17)11-19(21(27)24-13-18-12-20(23)26-31-18)25-22(28)30-14-16-5-3-2-4-6-16/h2-10,18-19H,11-14H2,1H3,(H,24,27)(H,25,28)/t18?,19-/m0/s1. The molecule has 9 heteroatoms. The van der Waals surface area contributed by atoms with Gasteiger partial charge in [-0.05, 0) is 23.3 Å². The minimum Gasteiger partial charge on any atom is -0.497 e. The zero-order chi connectivity index (χ0) is 22.1. The molecule has 0 radical (unpaired) electrons. The van der Waals surface area contributed by atoms with E-state index in [9.17, 15) is 9.59 Å². The maximum Gasteiger partial charge on any atom is 0.408 e. The molecule has 8 nitrogen and oxygen atoms in total. The molecule has 1 aliphatic rings. The van der Waals surface area contributed by atoms with Gasteiger partial charge in [0.25, 0.3) is 0 Å². The predicted octanol–water partition coefficient (Wildman–Crippen LogP) is 2.99. The summed E-state index contributed by atoms with van der Waals surface area (Å²) in [6.07, 6.45) is -0.305. The van der Waals surface area contributed by atoms with Gasteiger partial charge in [-0.15, -0.1) is 0 Å². The average Bonchev–Trinajstić information content (AvgIpc) is 3.22. The number of nitrogens with one attached hydrogen (secondary N) is 2. The smallest absolute Gasteiger partial charge is 0.408 e. The Morgan fingerprint density at radius 3 is 2.55 bits per heavy atom. The number of hydrogen-bond acceptors (Lipinski definition) is 6. The minimum atomic E-state index is -0.838. The highest BCUT2D eigenvalue weighted by atomic mass is 35.5. The maximum atomic E-state index is 12.8. The van der Waals surface area contributed by atoms with Crippen LogP contribution >= 0.6 is 11.6 Å². The number of amides is 2. The summed E-state index contributed by atoms with van der Waals surface area (Å²) in [4.78, 5) is 30.2. The van der Waals surface area contributed by atoms with Crippen LogP contribution in [0.15, 0.2) is 59.8 Å². The van der Waals surface area contributed by atoms with Crippen LogP contribution in [0.1, 0.15) is 17.5 Å². The topological polar surface area (TPSA) is 98.2 Å². The second-order valence-corrected chi connectivity index (χ2v) is 7.39. The Bertz CT molecular complexity index is 905. The number of hydrogen-bond donors (Lipinski definition) is 2. The Morgan fingerprint density at radius 2 is 1.90 bits per heavy atom. The molecule has 3 rings (SSSR count). The highest BCUT2D eigenvalue weighted by Gasteiger charge is 2.25. The largest absolute Gasteiger partial charge is 0.497 e. The Balaban J connectivity index is 1.59. The van der Waals surface area contributed by atoms with E-state index in [1.807, 2.05) is 42.5 Å². The van der Waals surface area contributed by atoms with Gasteiger partial charge in [-0.2, -0.15) is 0 Å². The predicted molar refractivity (Wildman–Crippen MR) is 116 cm³/mol. The molecule has 0 saturated heterocycles. The van der Waals surface area contributed by atoms with Gasteiger partial charge in [0.15, 0.2) is 6.10 Å². The molecule has 2 amide bonds. The molecule has 0 spiro atoms. The van der Waals surface area contributed by atoms with E-state index in [1.165, 1.54) is 0 Å². The van der Waals surface area contributed by atoms with Crippen molar-refractivity contribution in [3.8, 4) is 5.75 Å². The molecule has 1 unspecified atom stereocenters. The summed E-state index contributed by atoms with van der Waals surface area (Å²) in [7, 11) is 1.58. The lowest BCUT2D eigenvalue weighted by atomic mass is 10.0. The Hall–Kier alpha value is -3.26. The summed E-state index contributed by atoms with van der Waals surface area (Å²) in [5.74, 6) is 0.342. The molecular weight excluding hydrogens is 422 g/mol. The van der Waals surface area contributed by atoms with E-state index >= 15 is 0 Å². The van der Waals surface area contributed by atoms with Crippen LogP contribution in [-0.2, 0) is 27.4 Å². The molecule has 0 aliphatic carbocycles. The van der Waals surface area contributed by atoms with Crippen LogP contribution in [0.5, 0.6) is 5.75 Å². The van der Waals surface area contributed by atoms with Crippen LogP contribution in [0.4, 0.5) is 4.79 Å². The van der Waals surface area contributed by atoms with Gasteiger partial charge in [-0.1, -0.05) is 59.2 Å². The molecular formula is C22H24ClN3O5. The summed E-state index contributed by atoms with van der Waals surface area (Å²) < 4.78 is 10.4. The number of nitrogens with zero attached hydrogens (tertiary/aromatic N) is 1. The quantitative estimate of drug-likeness (QED) is 0.618. The highest BCUT2D eigenvalue weighted by Crippen LogP contribution is 2.14. The van der Waals surface area contributed by atoms with Crippen molar-refractivity contribution in [2.45, 2.75) is 31.6 Å². The first-order valence-electron chi connectivity index (χ1n) is 9.79. The van der Waals surface area contributed by atoms with Gasteiger partial charge >= 0.3 is 6.09 Å². The number of carbonyl (C=O) groups is 2. The van der Waals surface area contributed by atoms with E-state index in [-0.39, 0.29) is 31.6 Å². The van der Waals surface area contributed by atoms with E-state index in [0.717, 1.165) is 11.1 Å². The fourth-order valence-electron chi connectivity index (χ4n) is 2.95. The molecule has 1 heterocycles. The van der Waals surface area contributed by atoms with E-state index in [2.05, 4.69) is 15.8 Å². The average molecular weight is 446 g/mol. The second-order valence-electron chi connectivity index (χ2n) is 6.96. The van der Waals surface area contributed by atoms with Crippen molar-refractivity contribution in [1.82, 2.24) is 10.6 Å². The summed E-state index contributed by atoms with van der Waals surface area (Å²) >= 11 is 5.80. The first-order valence-corrected chi connectivity index (χ1v) is 10.2. The van der Waals surface area contributed by atoms with Crippen molar-refractivity contribution < 1.29 is 23.9 Å². The Kier molecular flexibility index (Phi) is 8.12. The maximum absolute atomic E-state index is 12.8. The van der Waals surface area contributed by atoms with E-state index in [4.69, 9.17) is 25.9 Å². The third-order valence-corrected chi connectivity index (χ3v) is 4.84. The molecule has 31 heavy (non-hydrogen) atoms. The lowest BCUT2D eigenvalue weighted by Gasteiger charge is -2.19. The van der Waals surface area contributed by atoms with E-state index in [0.29, 0.717) is 17.3 Å². The molecule has 2 aromatic rings. The highest BCUT2D eigenvalue weighted by molar-refractivity contribution is 6.65. The van der Waals surface area contributed by atoms with Crippen molar-refractivity contribution in [3.63, 3.8) is 0 Å². The third-order valence-electron chi connectivity index (χ3n) is 4.62. The normalized spacial score (nSPS) is 15.9. The van der Waals surface area contributed by atoms with Crippen LogP contribution in [0.25, 0.3) is 0 Å². The first-order chi connectivity index (χ1) is 15.0. The zero-order valence-electron chi connectivity index (χ0n) is 17.0.